The number of likely N-dealkylation sites (tertiary alicyclic amines) is 1. The lowest BCUT2D eigenvalue weighted by Crippen LogP contribution is -2.50. The Kier molecular flexibility index (Phi) is 6.69. The van der Waals surface area contributed by atoms with Gasteiger partial charge in [-0.15, -0.1) is 0 Å². The van der Waals surface area contributed by atoms with E-state index in [9.17, 15) is 9.90 Å². The van der Waals surface area contributed by atoms with E-state index in [1.807, 2.05) is 6.92 Å². The summed E-state index contributed by atoms with van der Waals surface area (Å²) in [4.78, 5) is 13.7. The number of carboxylic acids is 1. The van der Waals surface area contributed by atoms with Crippen molar-refractivity contribution in [3.8, 4) is 0 Å². The normalized spacial score (nSPS) is 24.6. The van der Waals surface area contributed by atoms with Crippen molar-refractivity contribution in [2.24, 2.45) is 0 Å². The smallest absolute Gasteiger partial charge is 0.324 e. The molecule has 0 radical (unpaired) electrons. The standard InChI is InChI=1S/C15H29NO2/c1-3-5-6-7-8-9-12-16-13-10-11-15(16,4-2)14(17)18/h3-13H2,1-2H3,(H,17,18). The summed E-state index contributed by atoms with van der Waals surface area (Å²) in [6, 6.07) is 0. The summed E-state index contributed by atoms with van der Waals surface area (Å²) in [6.07, 6.45) is 10.2. The molecule has 0 aromatic carbocycles. The Morgan fingerprint density at radius 3 is 2.44 bits per heavy atom. The largest absolute Gasteiger partial charge is 0.480 e. The van der Waals surface area contributed by atoms with Crippen molar-refractivity contribution in [3.63, 3.8) is 0 Å². The summed E-state index contributed by atoms with van der Waals surface area (Å²) in [5.74, 6) is -0.617. The van der Waals surface area contributed by atoms with Gasteiger partial charge in [-0.1, -0.05) is 46.0 Å². The molecule has 1 unspecified atom stereocenters. The highest BCUT2D eigenvalue weighted by Gasteiger charge is 2.45. The molecule has 3 nitrogen and oxygen atoms in total. The molecule has 1 rings (SSSR count). The Labute approximate surface area is 112 Å². The first-order valence-electron chi connectivity index (χ1n) is 7.66. The van der Waals surface area contributed by atoms with Crippen LogP contribution in [0.15, 0.2) is 0 Å². The van der Waals surface area contributed by atoms with Crippen molar-refractivity contribution in [3.05, 3.63) is 0 Å². The van der Waals surface area contributed by atoms with Crippen LogP contribution >= 0.6 is 0 Å². The minimum atomic E-state index is -0.617. The summed E-state index contributed by atoms with van der Waals surface area (Å²) < 4.78 is 0. The molecule has 1 atom stereocenters. The number of carboxylic acid groups (broad SMARTS) is 1. The summed E-state index contributed by atoms with van der Waals surface area (Å²) in [5.41, 5.74) is -0.552. The Morgan fingerprint density at radius 2 is 1.83 bits per heavy atom. The molecule has 0 aromatic heterocycles. The SMILES string of the molecule is CCCCCCCCN1CCCC1(CC)C(=O)O. The Balaban J connectivity index is 2.30. The first kappa shape index (κ1) is 15.5. The van der Waals surface area contributed by atoms with Crippen LogP contribution in [0.25, 0.3) is 0 Å². The summed E-state index contributed by atoms with van der Waals surface area (Å²) in [7, 11) is 0. The second-order valence-electron chi connectivity index (χ2n) is 5.55. The summed E-state index contributed by atoms with van der Waals surface area (Å²) >= 11 is 0. The van der Waals surface area contributed by atoms with E-state index in [-0.39, 0.29) is 0 Å². The molecule has 1 saturated heterocycles. The fraction of sp³-hybridized carbons (Fsp3) is 0.933. The number of nitrogens with zero attached hydrogens (tertiary/aromatic N) is 1. The van der Waals surface area contributed by atoms with Crippen LogP contribution in [0.3, 0.4) is 0 Å². The third-order valence-corrected chi connectivity index (χ3v) is 4.39. The van der Waals surface area contributed by atoms with Gasteiger partial charge in [-0.2, -0.15) is 0 Å². The highest BCUT2D eigenvalue weighted by Crippen LogP contribution is 2.32. The van der Waals surface area contributed by atoms with Gasteiger partial charge in [0, 0.05) is 0 Å². The molecule has 18 heavy (non-hydrogen) atoms. The maximum absolute atomic E-state index is 11.5. The van der Waals surface area contributed by atoms with Gasteiger partial charge in [0.15, 0.2) is 0 Å². The van der Waals surface area contributed by atoms with E-state index in [0.717, 1.165) is 38.8 Å². The van der Waals surface area contributed by atoms with E-state index in [1.54, 1.807) is 0 Å². The van der Waals surface area contributed by atoms with Gasteiger partial charge in [0.05, 0.1) is 0 Å². The minimum Gasteiger partial charge on any atom is -0.480 e. The van der Waals surface area contributed by atoms with Crippen molar-refractivity contribution < 1.29 is 9.90 Å². The molecular weight excluding hydrogens is 226 g/mol. The third-order valence-electron chi connectivity index (χ3n) is 4.39. The summed E-state index contributed by atoms with van der Waals surface area (Å²) in [5, 5.41) is 9.47. The molecule has 106 valence electrons. The lowest BCUT2D eigenvalue weighted by Gasteiger charge is -2.33. The Hall–Kier alpha value is -0.570. The highest BCUT2D eigenvalue weighted by atomic mass is 16.4. The van der Waals surface area contributed by atoms with Crippen molar-refractivity contribution in [2.75, 3.05) is 13.1 Å². The molecule has 0 spiro atoms. The van der Waals surface area contributed by atoms with Crippen molar-refractivity contribution in [1.29, 1.82) is 0 Å². The van der Waals surface area contributed by atoms with Gasteiger partial charge in [-0.25, -0.2) is 0 Å². The number of hydrogen-bond donors (Lipinski definition) is 1. The van der Waals surface area contributed by atoms with Gasteiger partial charge in [0.1, 0.15) is 5.54 Å². The molecule has 1 aliphatic heterocycles. The molecule has 0 saturated carbocycles. The van der Waals surface area contributed by atoms with Crippen LogP contribution in [0.1, 0.15) is 71.6 Å². The average molecular weight is 255 g/mol. The minimum absolute atomic E-state index is 0.552. The van der Waals surface area contributed by atoms with E-state index in [2.05, 4.69) is 11.8 Å². The molecule has 0 aliphatic carbocycles. The first-order chi connectivity index (χ1) is 8.67. The highest BCUT2D eigenvalue weighted by molar-refractivity contribution is 5.79. The third kappa shape index (κ3) is 3.71. The van der Waals surface area contributed by atoms with Crippen LogP contribution in [0.5, 0.6) is 0 Å². The number of hydrogen-bond acceptors (Lipinski definition) is 2. The van der Waals surface area contributed by atoms with Crippen molar-refractivity contribution >= 4 is 5.97 Å². The van der Waals surface area contributed by atoms with Crippen LogP contribution in [0, 0.1) is 0 Å². The fourth-order valence-corrected chi connectivity index (χ4v) is 3.14. The maximum atomic E-state index is 11.5. The fourth-order valence-electron chi connectivity index (χ4n) is 3.14. The Morgan fingerprint density at radius 1 is 1.17 bits per heavy atom. The molecule has 0 aromatic rings. The topological polar surface area (TPSA) is 40.5 Å². The molecule has 1 heterocycles. The number of aliphatic carboxylic acids is 1. The zero-order valence-electron chi connectivity index (χ0n) is 12.1. The molecule has 3 heteroatoms. The lowest BCUT2D eigenvalue weighted by atomic mass is 9.93. The maximum Gasteiger partial charge on any atom is 0.324 e. The predicted octanol–water partition coefficient (Wildman–Crippen LogP) is 3.68. The average Bonchev–Trinajstić information content (AvgIpc) is 2.77. The van der Waals surface area contributed by atoms with E-state index < -0.39 is 11.5 Å². The number of carbonyl (C=O) groups is 1. The number of rotatable bonds is 9. The van der Waals surface area contributed by atoms with Gasteiger partial charge in [0.25, 0.3) is 0 Å². The van der Waals surface area contributed by atoms with E-state index in [1.165, 1.54) is 32.1 Å². The quantitative estimate of drug-likeness (QED) is 0.639. The number of unbranched alkanes of at least 4 members (excludes halogenated alkanes) is 5. The van der Waals surface area contributed by atoms with E-state index in [0.29, 0.717) is 0 Å². The van der Waals surface area contributed by atoms with Gasteiger partial charge in [-0.05, 0) is 38.8 Å². The molecule has 1 aliphatic rings. The van der Waals surface area contributed by atoms with Crippen molar-refractivity contribution in [2.45, 2.75) is 77.2 Å². The van der Waals surface area contributed by atoms with Crippen LogP contribution in [-0.4, -0.2) is 34.6 Å². The zero-order chi connectivity index (χ0) is 13.4. The predicted molar refractivity (Wildman–Crippen MR) is 74.8 cm³/mol. The second kappa shape index (κ2) is 7.78. The van der Waals surface area contributed by atoms with Crippen molar-refractivity contribution in [1.82, 2.24) is 4.90 Å². The molecule has 1 fully saturated rings. The Bertz CT molecular complexity index is 255. The first-order valence-corrected chi connectivity index (χ1v) is 7.66. The van der Waals surface area contributed by atoms with Crippen LogP contribution < -0.4 is 0 Å². The molecule has 1 N–H and O–H groups in total. The van der Waals surface area contributed by atoms with Crippen LogP contribution in [0.2, 0.25) is 0 Å². The van der Waals surface area contributed by atoms with E-state index >= 15 is 0 Å². The lowest BCUT2D eigenvalue weighted by molar-refractivity contribution is -0.150. The monoisotopic (exact) mass is 255 g/mol. The molecule has 0 bridgehead atoms. The van der Waals surface area contributed by atoms with Gasteiger partial charge in [0.2, 0.25) is 0 Å². The molecule has 0 amide bonds. The van der Waals surface area contributed by atoms with Crippen LogP contribution in [0.4, 0.5) is 0 Å². The van der Waals surface area contributed by atoms with Crippen LogP contribution in [-0.2, 0) is 4.79 Å². The second-order valence-corrected chi connectivity index (χ2v) is 5.55. The summed E-state index contributed by atoms with van der Waals surface area (Å²) in [6.45, 7) is 6.17. The van der Waals surface area contributed by atoms with Gasteiger partial charge < -0.3 is 5.11 Å². The van der Waals surface area contributed by atoms with E-state index in [4.69, 9.17) is 0 Å². The zero-order valence-corrected chi connectivity index (χ0v) is 12.1. The van der Waals surface area contributed by atoms with Gasteiger partial charge >= 0.3 is 5.97 Å². The molecular formula is C15H29NO2. The van der Waals surface area contributed by atoms with Gasteiger partial charge in [-0.3, -0.25) is 9.69 Å².